The van der Waals surface area contributed by atoms with Crippen molar-refractivity contribution in [2.75, 3.05) is 21.3 Å². The second-order valence-electron chi connectivity index (χ2n) is 6.61. The first-order chi connectivity index (χ1) is 13.8. The van der Waals surface area contributed by atoms with Crippen LogP contribution in [0.25, 0.3) is 11.4 Å². The molecule has 0 aliphatic rings. The van der Waals surface area contributed by atoms with Crippen LogP contribution in [-0.2, 0) is 16.6 Å². The van der Waals surface area contributed by atoms with Gasteiger partial charge in [0.2, 0.25) is 21.7 Å². The summed E-state index contributed by atoms with van der Waals surface area (Å²) < 4.78 is 42.9. The molecule has 0 amide bonds. The van der Waals surface area contributed by atoms with E-state index in [1.165, 1.54) is 18.5 Å². The molecule has 2 aromatic carbocycles. The molecule has 3 rings (SSSR count). The summed E-state index contributed by atoms with van der Waals surface area (Å²) >= 11 is 0. The summed E-state index contributed by atoms with van der Waals surface area (Å²) in [5.74, 6) is 1.63. The number of benzene rings is 2. The van der Waals surface area contributed by atoms with E-state index in [0.717, 1.165) is 5.56 Å². The van der Waals surface area contributed by atoms with Crippen molar-refractivity contribution in [2.24, 2.45) is 0 Å². The molecule has 9 heteroatoms. The highest BCUT2D eigenvalue weighted by Crippen LogP contribution is 2.31. The zero-order valence-corrected chi connectivity index (χ0v) is 17.8. The first-order valence-electron chi connectivity index (χ1n) is 8.85. The molecule has 0 aliphatic heterocycles. The topological polar surface area (TPSA) is 94.8 Å². The standard InChI is InChI=1S/C20H23N3O5S/c1-13-6-7-14(2)18(10-13)29(24,25)23(3)12-19-21-20(22-28-19)15-8-9-16(26-4)17(11-15)27-5/h6-11H,12H2,1-5H3. The summed E-state index contributed by atoms with van der Waals surface area (Å²) in [6, 6.07) is 10.6. The predicted octanol–water partition coefficient (Wildman–Crippen LogP) is 3.19. The summed E-state index contributed by atoms with van der Waals surface area (Å²) in [7, 11) is 0.877. The lowest BCUT2D eigenvalue weighted by Crippen LogP contribution is -2.27. The van der Waals surface area contributed by atoms with Crippen LogP contribution in [0.5, 0.6) is 11.5 Å². The molecule has 8 nitrogen and oxygen atoms in total. The molecule has 154 valence electrons. The van der Waals surface area contributed by atoms with E-state index in [4.69, 9.17) is 14.0 Å². The molecule has 1 aromatic heterocycles. The number of ether oxygens (including phenoxy) is 2. The second-order valence-corrected chi connectivity index (χ2v) is 8.62. The van der Waals surface area contributed by atoms with Crippen LogP contribution in [0.2, 0.25) is 0 Å². The maximum atomic E-state index is 12.9. The van der Waals surface area contributed by atoms with Gasteiger partial charge in [-0.1, -0.05) is 17.3 Å². The normalized spacial score (nSPS) is 11.7. The summed E-state index contributed by atoms with van der Waals surface area (Å²) in [6.07, 6.45) is 0. The fourth-order valence-corrected chi connectivity index (χ4v) is 4.27. The van der Waals surface area contributed by atoms with E-state index < -0.39 is 10.0 Å². The van der Waals surface area contributed by atoms with Crippen LogP contribution in [0.3, 0.4) is 0 Å². The molecule has 3 aromatic rings. The number of nitrogens with zero attached hydrogens (tertiary/aromatic N) is 3. The molecule has 1 heterocycles. The van der Waals surface area contributed by atoms with Crippen LogP contribution in [0.4, 0.5) is 0 Å². The van der Waals surface area contributed by atoms with Crippen LogP contribution in [0.1, 0.15) is 17.0 Å². The molecule has 0 spiro atoms. The third kappa shape index (κ3) is 4.25. The Morgan fingerprint density at radius 3 is 2.45 bits per heavy atom. The van der Waals surface area contributed by atoms with Gasteiger partial charge in [-0.05, 0) is 49.2 Å². The SMILES string of the molecule is COc1ccc(-c2noc(CN(C)S(=O)(=O)c3cc(C)ccc3C)n2)cc1OC. The largest absolute Gasteiger partial charge is 0.493 e. The maximum Gasteiger partial charge on any atom is 0.243 e. The van der Waals surface area contributed by atoms with Crippen molar-refractivity contribution in [3.8, 4) is 22.9 Å². The van der Waals surface area contributed by atoms with Crippen molar-refractivity contribution in [3.05, 3.63) is 53.4 Å². The van der Waals surface area contributed by atoms with E-state index >= 15 is 0 Å². The van der Waals surface area contributed by atoms with Crippen molar-refractivity contribution in [3.63, 3.8) is 0 Å². The Morgan fingerprint density at radius 2 is 1.76 bits per heavy atom. The van der Waals surface area contributed by atoms with E-state index in [0.29, 0.717) is 28.5 Å². The van der Waals surface area contributed by atoms with Gasteiger partial charge in [0.25, 0.3) is 0 Å². The molecule has 0 saturated heterocycles. The van der Waals surface area contributed by atoms with Crippen LogP contribution in [0, 0.1) is 13.8 Å². The Labute approximate surface area is 170 Å². The average Bonchev–Trinajstić information content (AvgIpc) is 3.17. The van der Waals surface area contributed by atoms with Gasteiger partial charge in [0.05, 0.1) is 25.7 Å². The summed E-state index contributed by atoms with van der Waals surface area (Å²) in [5.41, 5.74) is 2.22. The third-order valence-electron chi connectivity index (χ3n) is 4.50. The number of methoxy groups -OCH3 is 2. The molecule has 0 bridgehead atoms. The minimum absolute atomic E-state index is 0.0456. The van der Waals surface area contributed by atoms with Crippen molar-refractivity contribution in [2.45, 2.75) is 25.3 Å². The van der Waals surface area contributed by atoms with E-state index in [1.54, 1.807) is 44.4 Å². The molecule has 0 aliphatic carbocycles. The molecule has 0 radical (unpaired) electrons. The maximum absolute atomic E-state index is 12.9. The van der Waals surface area contributed by atoms with Crippen molar-refractivity contribution in [1.29, 1.82) is 0 Å². The monoisotopic (exact) mass is 417 g/mol. The van der Waals surface area contributed by atoms with Crippen molar-refractivity contribution < 1.29 is 22.4 Å². The van der Waals surface area contributed by atoms with Crippen molar-refractivity contribution in [1.82, 2.24) is 14.4 Å². The summed E-state index contributed by atoms with van der Waals surface area (Å²) in [6.45, 7) is 3.57. The van der Waals surface area contributed by atoms with Gasteiger partial charge >= 0.3 is 0 Å². The first-order valence-corrected chi connectivity index (χ1v) is 10.3. The molecule has 0 fully saturated rings. The number of rotatable bonds is 7. The molecule has 29 heavy (non-hydrogen) atoms. The van der Waals surface area contributed by atoms with Gasteiger partial charge in [-0.15, -0.1) is 0 Å². The highest BCUT2D eigenvalue weighted by atomic mass is 32.2. The minimum Gasteiger partial charge on any atom is -0.493 e. The molecular formula is C20H23N3O5S. The van der Waals surface area contributed by atoms with Crippen molar-refractivity contribution >= 4 is 10.0 Å². The van der Waals surface area contributed by atoms with Crippen LogP contribution >= 0.6 is 0 Å². The van der Waals surface area contributed by atoms with Gasteiger partial charge in [-0.2, -0.15) is 9.29 Å². The Hall–Kier alpha value is -2.91. The lowest BCUT2D eigenvalue weighted by Gasteiger charge is -2.17. The van der Waals surface area contributed by atoms with E-state index in [1.807, 2.05) is 13.0 Å². The predicted molar refractivity (Wildman–Crippen MR) is 107 cm³/mol. The summed E-state index contributed by atoms with van der Waals surface area (Å²) in [4.78, 5) is 4.58. The number of aromatic nitrogens is 2. The zero-order chi connectivity index (χ0) is 21.2. The van der Waals surface area contributed by atoms with Gasteiger partial charge < -0.3 is 14.0 Å². The number of sulfonamides is 1. The molecule has 0 N–H and O–H groups in total. The Balaban J connectivity index is 1.83. The molecule has 0 saturated carbocycles. The highest BCUT2D eigenvalue weighted by Gasteiger charge is 2.25. The van der Waals surface area contributed by atoms with Gasteiger partial charge in [0.1, 0.15) is 0 Å². The van der Waals surface area contributed by atoms with E-state index in [-0.39, 0.29) is 17.3 Å². The van der Waals surface area contributed by atoms with Gasteiger partial charge in [-0.3, -0.25) is 0 Å². The Kier molecular flexibility index (Phi) is 5.90. The zero-order valence-electron chi connectivity index (χ0n) is 17.0. The lowest BCUT2D eigenvalue weighted by molar-refractivity contribution is 0.336. The molecule has 0 atom stereocenters. The van der Waals surface area contributed by atoms with E-state index in [2.05, 4.69) is 10.1 Å². The molecule has 0 unspecified atom stereocenters. The number of hydrogen-bond acceptors (Lipinski definition) is 7. The lowest BCUT2D eigenvalue weighted by atomic mass is 10.2. The first kappa shape index (κ1) is 20.8. The summed E-state index contributed by atoms with van der Waals surface area (Å²) in [5, 5.41) is 3.95. The Bertz CT molecular complexity index is 1120. The van der Waals surface area contributed by atoms with E-state index in [9.17, 15) is 8.42 Å². The van der Waals surface area contributed by atoms with Crippen LogP contribution < -0.4 is 9.47 Å². The average molecular weight is 417 g/mol. The second kappa shape index (κ2) is 8.22. The number of hydrogen-bond donors (Lipinski definition) is 0. The van der Waals surface area contributed by atoms with Gasteiger partial charge in [0, 0.05) is 12.6 Å². The fourth-order valence-electron chi connectivity index (χ4n) is 2.84. The van der Waals surface area contributed by atoms with Gasteiger partial charge in [-0.25, -0.2) is 8.42 Å². The smallest absolute Gasteiger partial charge is 0.243 e. The van der Waals surface area contributed by atoms with Crippen LogP contribution in [0.15, 0.2) is 45.8 Å². The minimum atomic E-state index is -3.70. The quantitative estimate of drug-likeness (QED) is 0.583. The number of aryl methyl sites for hydroxylation is 2. The Morgan fingerprint density at radius 1 is 1.03 bits per heavy atom. The van der Waals surface area contributed by atoms with Gasteiger partial charge in [0.15, 0.2) is 11.5 Å². The molecular weight excluding hydrogens is 394 g/mol. The van der Waals surface area contributed by atoms with Crippen LogP contribution in [-0.4, -0.2) is 44.1 Å². The third-order valence-corrected chi connectivity index (χ3v) is 6.44. The fraction of sp³-hybridized carbons (Fsp3) is 0.300. The highest BCUT2D eigenvalue weighted by molar-refractivity contribution is 7.89.